The van der Waals surface area contributed by atoms with Crippen LogP contribution in [0.5, 0.6) is 5.75 Å². The second kappa shape index (κ2) is 10.7. The van der Waals surface area contributed by atoms with Crippen LogP contribution in [-0.4, -0.2) is 25.7 Å². The van der Waals surface area contributed by atoms with Crippen LogP contribution in [0.2, 0.25) is 0 Å². The third-order valence-electron chi connectivity index (χ3n) is 3.10. The van der Waals surface area contributed by atoms with Crippen LogP contribution in [-0.2, 0) is 6.54 Å². The van der Waals surface area contributed by atoms with E-state index in [2.05, 4.69) is 55.7 Å². The van der Waals surface area contributed by atoms with E-state index in [1.54, 1.807) is 0 Å². The average Bonchev–Trinajstić information content (AvgIpc) is 2.44. The van der Waals surface area contributed by atoms with Gasteiger partial charge in [0, 0.05) is 12.6 Å². The second-order valence-corrected chi connectivity index (χ2v) is 5.49. The van der Waals surface area contributed by atoms with E-state index in [0.29, 0.717) is 6.04 Å². The molecule has 0 amide bonds. The van der Waals surface area contributed by atoms with E-state index in [4.69, 9.17) is 4.74 Å². The predicted octanol–water partition coefficient (Wildman–Crippen LogP) is 3.34. The van der Waals surface area contributed by atoms with Crippen LogP contribution in [0.4, 0.5) is 0 Å². The molecule has 1 aromatic rings. The molecule has 1 aromatic carbocycles. The van der Waals surface area contributed by atoms with Gasteiger partial charge in [0.05, 0.1) is 6.61 Å². The summed E-state index contributed by atoms with van der Waals surface area (Å²) in [6.45, 7) is 10.4. The maximum atomic E-state index is 5.65. The van der Waals surface area contributed by atoms with Crippen molar-refractivity contribution in [2.75, 3.05) is 19.7 Å². The zero-order valence-electron chi connectivity index (χ0n) is 13.2. The predicted molar refractivity (Wildman–Crippen MR) is 86.3 cm³/mol. The molecule has 0 fully saturated rings. The number of ether oxygens (including phenoxy) is 1. The van der Waals surface area contributed by atoms with Gasteiger partial charge in [-0.3, -0.25) is 0 Å². The molecule has 0 bridgehead atoms. The molecule has 0 radical (unpaired) electrons. The molecule has 0 aliphatic carbocycles. The van der Waals surface area contributed by atoms with E-state index in [-0.39, 0.29) is 0 Å². The highest BCUT2D eigenvalue weighted by Crippen LogP contribution is 2.12. The standard InChI is InChI=1S/C17H30N2O/c1-4-5-13-20-17-9-7-16(8-10-17)14-18-11-6-12-19-15(2)3/h7-10,15,18-19H,4-6,11-14H2,1-3H3. The zero-order chi connectivity index (χ0) is 14.6. The fourth-order valence-corrected chi connectivity index (χ4v) is 1.87. The van der Waals surface area contributed by atoms with Gasteiger partial charge in [-0.1, -0.05) is 39.3 Å². The highest BCUT2D eigenvalue weighted by Gasteiger charge is 1.96. The van der Waals surface area contributed by atoms with Gasteiger partial charge in [0.1, 0.15) is 5.75 Å². The third kappa shape index (κ3) is 8.18. The topological polar surface area (TPSA) is 33.3 Å². The molecular formula is C17H30N2O. The van der Waals surface area contributed by atoms with Gasteiger partial charge in [0.2, 0.25) is 0 Å². The van der Waals surface area contributed by atoms with Crippen LogP contribution >= 0.6 is 0 Å². The molecule has 0 atom stereocenters. The highest BCUT2D eigenvalue weighted by molar-refractivity contribution is 5.27. The van der Waals surface area contributed by atoms with Crippen molar-refractivity contribution in [3.8, 4) is 5.75 Å². The zero-order valence-corrected chi connectivity index (χ0v) is 13.2. The van der Waals surface area contributed by atoms with E-state index in [0.717, 1.165) is 44.8 Å². The Balaban J connectivity index is 2.11. The average molecular weight is 278 g/mol. The highest BCUT2D eigenvalue weighted by atomic mass is 16.5. The van der Waals surface area contributed by atoms with Gasteiger partial charge in [-0.15, -0.1) is 0 Å². The lowest BCUT2D eigenvalue weighted by molar-refractivity contribution is 0.309. The summed E-state index contributed by atoms with van der Waals surface area (Å²) in [5.41, 5.74) is 1.31. The van der Waals surface area contributed by atoms with Gasteiger partial charge in [-0.05, 0) is 43.6 Å². The van der Waals surface area contributed by atoms with Gasteiger partial charge < -0.3 is 15.4 Å². The van der Waals surface area contributed by atoms with Gasteiger partial charge in [0.15, 0.2) is 0 Å². The maximum Gasteiger partial charge on any atom is 0.119 e. The summed E-state index contributed by atoms with van der Waals surface area (Å²) >= 11 is 0. The Morgan fingerprint density at radius 1 is 1.05 bits per heavy atom. The van der Waals surface area contributed by atoms with Gasteiger partial charge in [-0.2, -0.15) is 0 Å². The van der Waals surface area contributed by atoms with Crippen LogP contribution in [0.1, 0.15) is 45.6 Å². The Bertz CT molecular complexity index is 335. The normalized spacial score (nSPS) is 11.0. The Morgan fingerprint density at radius 2 is 1.80 bits per heavy atom. The SMILES string of the molecule is CCCCOc1ccc(CNCCCNC(C)C)cc1. The Hall–Kier alpha value is -1.06. The Morgan fingerprint density at radius 3 is 2.45 bits per heavy atom. The fourth-order valence-electron chi connectivity index (χ4n) is 1.87. The molecule has 3 heteroatoms. The van der Waals surface area contributed by atoms with Crippen LogP contribution in [0.15, 0.2) is 24.3 Å². The summed E-state index contributed by atoms with van der Waals surface area (Å²) in [4.78, 5) is 0. The summed E-state index contributed by atoms with van der Waals surface area (Å²) in [6, 6.07) is 8.98. The molecule has 2 N–H and O–H groups in total. The van der Waals surface area contributed by atoms with Crippen molar-refractivity contribution in [1.29, 1.82) is 0 Å². The second-order valence-electron chi connectivity index (χ2n) is 5.49. The number of nitrogens with one attached hydrogen (secondary N) is 2. The molecule has 0 saturated carbocycles. The lowest BCUT2D eigenvalue weighted by atomic mass is 10.2. The van der Waals surface area contributed by atoms with Crippen LogP contribution in [0, 0.1) is 0 Å². The first-order valence-corrected chi connectivity index (χ1v) is 7.88. The summed E-state index contributed by atoms with van der Waals surface area (Å²) in [6.07, 6.45) is 3.46. The van der Waals surface area contributed by atoms with Crippen molar-refractivity contribution in [3.05, 3.63) is 29.8 Å². The van der Waals surface area contributed by atoms with Crippen molar-refractivity contribution in [2.45, 2.75) is 52.6 Å². The van der Waals surface area contributed by atoms with E-state index >= 15 is 0 Å². The van der Waals surface area contributed by atoms with Crippen molar-refractivity contribution in [3.63, 3.8) is 0 Å². The van der Waals surface area contributed by atoms with Gasteiger partial charge in [-0.25, -0.2) is 0 Å². The molecule has 0 aromatic heterocycles. The minimum absolute atomic E-state index is 0.579. The molecule has 114 valence electrons. The lowest BCUT2D eigenvalue weighted by Crippen LogP contribution is -2.26. The number of hydrogen-bond acceptors (Lipinski definition) is 3. The fraction of sp³-hybridized carbons (Fsp3) is 0.647. The van der Waals surface area contributed by atoms with E-state index in [1.807, 2.05) is 0 Å². The Labute approximate surface area is 124 Å². The minimum atomic E-state index is 0.579. The summed E-state index contributed by atoms with van der Waals surface area (Å²) in [5, 5.41) is 6.89. The van der Waals surface area contributed by atoms with Gasteiger partial charge >= 0.3 is 0 Å². The summed E-state index contributed by atoms with van der Waals surface area (Å²) in [7, 11) is 0. The number of unbranched alkanes of at least 4 members (excludes halogenated alkanes) is 1. The molecule has 1 rings (SSSR count). The molecule has 0 aliphatic rings. The molecule has 3 nitrogen and oxygen atoms in total. The van der Waals surface area contributed by atoms with E-state index in [1.165, 1.54) is 12.0 Å². The minimum Gasteiger partial charge on any atom is -0.494 e. The molecular weight excluding hydrogens is 248 g/mol. The largest absolute Gasteiger partial charge is 0.494 e. The lowest BCUT2D eigenvalue weighted by Gasteiger charge is -2.09. The first kappa shape index (κ1) is 17.0. The van der Waals surface area contributed by atoms with Crippen molar-refractivity contribution >= 4 is 0 Å². The first-order valence-electron chi connectivity index (χ1n) is 7.88. The van der Waals surface area contributed by atoms with Crippen molar-refractivity contribution in [2.24, 2.45) is 0 Å². The monoisotopic (exact) mass is 278 g/mol. The molecule has 0 unspecified atom stereocenters. The summed E-state index contributed by atoms with van der Waals surface area (Å²) in [5.74, 6) is 0.975. The quantitative estimate of drug-likeness (QED) is 0.609. The molecule has 20 heavy (non-hydrogen) atoms. The molecule has 0 aliphatic heterocycles. The maximum absolute atomic E-state index is 5.65. The molecule has 0 saturated heterocycles. The third-order valence-corrected chi connectivity index (χ3v) is 3.10. The smallest absolute Gasteiger partial charge is 0.119 e. The first-order chi connectivity index (χ1) is 9.72. The Kier molecular flexibility index (Phi) is 9.09. The summed E-state index contributed by atoms with van der Waals surface area (Å²) < 4.78 is 5.65. The number of rotatable bonds is 11. The molecule has 0 spiro atoms. The van der Waals surface area contributed by atoms with Crippen molar-refractivity contribution < 1.29 is 4.74 Å². The number of benzene rings is 1. The van der Waals surface area contributed by atoms with Crippen LogP contribution in [0.3, 0.4) is 0 Å². The van der Waals surface area contributed by atoms with E-state index < -0.39 is 0 Å². The van der Waals surface area contributed by atoms with E-state index in [9.17, 15) is 0 Å². The van der Waals surface area contributed by atoms with Gasteiger partial charge in [0.25, 0.3) is 0 Å². The molecule has 0 heterocycles. The van der Waals surface area contributed by atoms with Crippen LogP contribution < -0.4 is 15.4 Å². The van der Waals surface area contributed by atoms with Crippen LogP contribution in [0.25, 0.3) is 0 Å². The number of hydrogen-bond donors (Lipinski definition) is 2. The van der Waals surface area contributed by atoms with Crippen molar-refractivity contribution in [1.82, 2.24) is 10.6 Å².